The summed E-state index contributed by atoms with van der Waals surface area (Å²) < 4.78 is 5.22. The smallest absolute Gasteiger partial charge is 0.309 e. The van der Waals surface area contributed by atoms with Crippen LogP contribution in [0.15, 0.2) is 108 Å². The predicted molar refractivity (Wildman–Crippen MR) is 127 cm³/mol. The van der Waals surface area contributed by atoms with Crippen molar-refractivity contribution < 1.29 is 9.53 Å². The first-order valence-corrected chi connectivity index (χ1v) is 10.8. The summed E-state index contributed by atoms with van der Waals surface area (Å²) in [5.74, 6) is -0.340. The lowest BCUT2D eigenvalue weighted by Gasteiger charge is -2.33. The molecule has 0 aromatic heterocycles. The number of hydrogen-bond acceptors (Lipinski definition) is 2. The lowest BCUT2D eigenvalue weighted by Crippen LogP contribution is -2.28. The zero-order valence-electron chi connectivity index (χ0n) is 18.1. The van der Waals surface area contributed by atoms with Crippen LogP contribution in [0.5, 0.6) is 0 Å². The molecule has 4 rings (SSSR count). The molecule has 156 valence electrons. The van der Waals surface area contributed by atoms with Crippen LogP contribution in [-0.2, 0) is 9.53 Å². The number of rotatable bonds is 5. The van der Waals surface area contributed by atoms with Crippen LogP contribution in [-0.4, -0.2) is 13.1 Å². The molecule has 2 nitrogen and oxygen atoms in total. The van der Waals surface area contributed by atoms with E-state index in [-0.39, 0.29) is 17.8 Å². The van der Waals surface area contributed by atoms with Crippen LogP contribution in [0.3, 0.4) is 0 Å². The first kappa shape index (κ1) is 20.9. The number of esters is 1. The van der Waals surface area contributed by atoms with E-state index in [0.717, 1.165) is 18.4 Å². The maximum absolute atomic E-state index is 12.8. The number of ether oxygens (including phenoxy) is 1. The van der Waals surface area contributed by atoms with Crippen molar-refractivity contribution in [1.29, 1.82) is 0 Å². The van der Waals surface area contributed by atoms with Gasteiger partial charge < -0.3 is 4.74 Å². The molecule has 3 aromatic rings. The second-order valence-electron chi connectivity index (χ2n) is 8.08. The maximum atomic E-state index is 12.8. The van der Waals surface area contributed by atoms with Crippen molar-refractivity contribution in [2.24, 2.45) is 5.92 Å². The van der Waals surface area contributed by atoms with Gasteiger partial charge in [-0.15, -0.1) is 0 Å². The van der Waals surface area contributed by atoms with Crippen molar-refractivity contribution in [1.82, 2.24) is 0 Å². The summed E-state index contributed by atoms with van der Waals surface area (Å²) in [6.07, 6.45) is 4.00. The molecule has 0 unspecified atom stereocenters. The first-order valence-electron chi connectivity index (χ1n) is 10.8. The van der Waals surface area contributed by atoms with Gasteiger partial charge in [-0.1, -0.05) is 96.6 Å². The molecule has 0 saturated heterocycles. The van der Waals surface area contributed by atoms with Crippen LogP contribution in [0, 0.1) is 5.92 Å². The summed E-state index contributed by atoms with van der Waals surface area (Å²) in [6, 6.07) is 31.3. The maximum Gasteiger partial charge on any atom is 0.309 e. The highest BCUT2D eigenvalue weighted by atomic mass is 16.5. The quantitative estimate of drug-likeness (QED) is 0.434. The molecule has 0 amide bonds. The third-order valence-electron chi connectivity index (χ3n) is 6.19. The van der Waals surface area contributed by atoms with E-state index < -0.39 is 0 Å². The molecule has 0 heterocycles. The van der Waals surface area contributed by atoms with E-state index in [1.165, 1.54) is 35.0 Å². The van der Waals surface area contributed by atoms with E-state index in [4.69, 9.17) is 4.74 Å². The predicted octanol–water partition coefficient (Wildman–Crippen LogP) is 6.80. The van der Waals surface area contributed by atoms with Crippen molar-refractivity contribution in [2.45, 2.75) is 25.7 Å². The van der Waals surface area contributed by atoms with Crippen LogP contribution in [0.2, 0.25) is 0 Å². The second-order valence-corrected chi connectivity index (χ2v) is 8.08. The summed E-state index contributed by atoms with van der Waals surface area (Å²) in [5.41, 5.74) is 7.21. The molecule has 0 spiro atoms. The standard InChI is InChI=1S/C29H28O2/c1-21-18-19-25(29(30)31-2)28(24-16-10-5-11-17-24)26(21)20-27(22-12-6-3-7-13-22)23-14-8-4-9-15-23/h3-17,20,25,28H,18-19H2,1-2H3/t25-,28-/m1/s1. The molecule has 1 aliphatic carbocycles. The summed E-state index contributed by atoms with van der Waals surface area (Å²) in [6.45, 7) is 2.20. The highest BCUT2D eigenvalue weighted by Gasteiger charge is 2.36. The summed E-state index contributed by atoms with van der Waals surface area (Å²) in [4.78, 5) is 12.8. The van der Waals surface area contributed by atoms with Gasteiger partial charge in [0.15, 0.2) is 0 Å². The Morgan fingerprint density at radius 2 is 1.35 bits per heavy atom. The summed E-state index contributed by atoms with van der Waals surface area (Å²) in [5, 5.41) is 0. The number of carbonyl (C=O) groups is 1. The monoisotopic (exact) mass is 408 g/mol. The van der Waals surface area contributed by atoms with E-state index in [2.05, 4.69) is 73.7 Å². The van der Waals surface area contributed by atoms with Crippen molar-refractivity contribution >= 4 is 11.5 Å². The Bertz CT molecular complexity index is 1040. The molecule has 0 radical (unpaired) electrons. The first-order chi connectivity index (χ1) is 15.2. The van der Waals surface area contributed by atoms with Crippen LogP contribution >= 0.6 is 0 Å². The Hall–Kier alpha value is -3.39. The second kappa shape index (κ2) is 9.61. The van der Waals surface area contributed by atoms with E-state index in [0.29, 0.717) is 0 Å². The molecular formula is C29H28O2. The average molecular weight is 409 g/mol. The third kappa shape index (κ3) is 4.54. The van der Waals surface area contributed by atoms with Gasteiger partial charge >= 0.3 is 5.97 Å². The average Bonchev–Trinajstić information content (AvgIpc) is 2.84. The van der Waals surface area contributed by atoms with Gasteiger partial charge in [-0.05, 0) is 53.7 Å². The zero-order valence-corrected chi connectivity index (χ0v) is 18.1. The molecule has 2 atom stereocenters. The number of methoxy groups -OCH3 is 1. The Labute approximate surface area is 184 Å². The fourth-order valence-corrected chi connectivity index (χ4v) is 4.58. The molecule has 31 heavy (non-hydrogen) atoms. The topological polar surface area (TPSA) is 26.3 Å². The van der Waals surface area contributed by atoms with Crippen LogP contribution < -0.4 is 0 Å². The molecule has 3 aromatic carbocycles. The normalized spacial score (nSPS) is 18.4. The summed E-state index contributed by atoms with van der Waals surface area (Å²) >= 11 is 0. The van der Waals surface area contributed by atoms with Gasteiger partial charge in [-0.3, -0.25) is 4.79 Å². The lowest BCUT2D eigenvalue weighted by molar-refractivity contribution is -0.146. The number of benzene rings is 3. The molecule has 1 aliphatic rings. The Morgan fingerprint density at radius 1 is 0.839 bits per heavy atom. The highest BCUT2D eigenvalue weighted by Crippen LogP contribution is 2.44. The molecule has 0 bridgehead atoms. The third-order valence-corrected chi connectivity index (χ3v) is 6.19. The largest absolute Gasteiger partial charge is 0.469 e. The van der Waals surface area contributed by atoms with Gasteiger partial charge in [-0.2, -0.15) is 0 Å². The minimum atomic E-state index is -0.185. The number of hydrogen-bond donors (Lipinski definition) is 0. The van der Waals surface area contributed by atoms with Crippen LogP contribution in [0.25, 0.3) is 5.57 Å². The molecule has 0 fully saturated rings. The molecular weight excluding hydrogens is 380 g/mol. The zero-order chi connectivity index (χ0) is 21.6. The summed E-state index contributed by atoms with van der Waals surface area (Å²) in [7, 11) is 1.49. The van der Waals surface area contributed by atoms with Gasteiger partial charge in [0.1, 0.15) is 0 Å². The van der Waals surface area contributed by atoms with E-state index in [9.17, 15) is 4.79 Å². The van der Waals surface area contributed by atoms with Crippen molar-refractivity contribution in [3.8, 4) is 0 Å². The number of allylic oxidation sites excluding steroid dienone is 3. The molecule has 0 aliphatic heterocycles. The van der Waals surface area contributed by atoms with Gasteiger partial charge in [0.2, 0.25) is 0 Å². The fraction of sp³-hybridized carbons (Fsp3) is 0.207. The Balaban J connectivity index is 1.90. The Morgan fingerprint density at radius 3 is 1.87 bits per heavy atom. The van der Waals surface area contributed by atoms with Crippen molar-refractivity contribution in [3.63, 3.8) is 0 Å². The van der Waals surface area contributed by atoms with E-state index in [1.807, 2.05) is 30.3 Å². The SMILES string of the molecule is COC(=O)[C@@H]1CCC(C)=C(C=C(c2ccccc2)c2ccccc2)[C@@H]1c1ccccc1. The highest BCUT2D eigenvalue weighted by molar-refractivity contribution is 5.83. The van der Waals surface area contributed by atoms with Gasteiger partial charge in [0, 0.05) is 5.92 Å². The van der Waals surface area contributed by atoms with E-state index >= 15 is 0 Å². The van der Waals surface area contributed by atoms with Gasteiger partial charge in [-0.25, -0.2) is 0 Å². The molecule has 2 heteroatoms. The Kier molecular flexibility index (Phi) is 6.47. The van der Waals surface area contributed by atoms with Crippen molar-refractivity contribution in [2.75, 3.05) is 7.11 Å². The van der Waals surface area contributed by atoms with Gasteiger partial charge in [0.25, 0.3) is 0 Å². The van der Waals surface area contributed by atoms with E-state index in [1.54, 1.807) is 0 Å². The molecule has 0 N–H and O–H groups in total. The molecule has 0 saturated carbocycles. The van der Waals surface area contributed by atoms with Gasteiger partial charge in [0.05, 0.1) is 13.0 Å². The van der Waals surface area contributed by atoms with Crippen LogP contribution in [0.1, 0.15) is 42.4 Å². The fourth-order valence-electron chi connectivity index (χ4n) is 4.58. The lowest BCUT2D eigenvalue weighted by atomic mass is 9.71. The minimum Gasteiger partial charge on any atom is -0.469 e. The van der Waals surface area contributed by atoms with Crippen molar-refractivity contribution in [3.05, 3.63) is 125 Å². The number of carbonyl (C=O) groups excluding carboxylic acids is 1. The van der Waals surface area contributed by atoms with Crippen LogP contribution in [0.4, 0.5) is 0 Å². The minimum absolute atomic E-state index is 0.0233.